The highest BCUT2D eigenvalue weighted by Crippen LogP contribution is 2.10. The van der Waals surface area contributed by atoms with Crippen molar-refractivity contribution in [3.63, 3.8) is 0 Å². The Labute approximate surface area is 151 Å². The molecule has 0 spiro atoms. The molecule has 0 rings (SSSR count). The van der Waals surface area contributed by atoms with E-state index >= 15 is 0 Å². The molecule has 1 atom stereocenters. The summed E-state index contributed by atoms with van der Waals surface area (Å²) in [4.78, 5) is 22.8. The van der Waals surface area contributed by atoms with Gasteiger partial charge in [-0.3, -0.25) is 0 Å². The second-order valence-electron chi connectivity index (χ2n) is 8.20. The van der Waals surface area contributed by atoms with Crippen LogP contribution in [0.4, 0.5) is 4.79 Å². The molecule has 148 valence electrons. The van der Waals surface area contributed by atoms with Gasteiger partial charge < -0.3 is 15.2 Å². The third kappa shape index (κ3) is 13.8. The lowest BCUT2D eigenvalue weighted by molar-refractivity contribution is -0.139. The van der Waals surface area contributed by atoms with Gasteiger partial charge in [0, 0.05) is 14.6 Å². The van der Waals surface area contributed by atoms with Gasteiger partial charge in [-0.2, -0.15) is 0 Å². The Morgan fingerprint density at radius 3 is 2.20 bits per heavy atom. The Balaban J connectivity index is 4.33. The number of carbonyl (C=O) groups is 2. The Hall–Kier alpha value is -1.13. The van der Waals surface area contributed by atoms with Gasteiger partial charge in [0.15, 0.2) is 0 Å². The number of alkyl carbamates (subject to hydrolysis) is 1. The fourth-order valence-corrected chi connectivity index (χ4v) is 5.88. The van der Waals surface area contributed by atoms with E-state index in [1.54, 1.807) is 20.8 Å². The molecule has 0 radical (unpaired) electrons. The highest BCUT2D eigenvalue weighted by Gasteiger charge is 2.24. The Morgan fingerprint density at radius 2 is 1.76 bits per heavy atom. The zero-order valence-electron chi connectivity index (χ0n) is 16.0. The molecule has 0 aliphatic heterocycles. The maximum Gasteiger partial charge on any atom is 0.408 e. The van der Waals surface area contributed by atoms with Crippen molar-refractivity contribution in [3.05, 3.63) is 0 Å². The van der Waals surface area contributed by atoms with E-state index in [0.717, 1.165) is 0 Å². The van der Waals surface area contributed by atoms with Crippen LogP contribution in [0.1, 0.15) is 33.6 Å². The van der Waals surface area contributed by atoms with Crippen LogP contribution in [0.25, 0.3) is 0 Å². The second-order valence-corrected chi connectivity index (χ2v) is 15.8. The number of rotatable bonds is 10. The molecule has 0 unspecified atom stereocenters. The topological polar surface area (TPSA) is 122 Å². The number of sulfonamides is 1. The quantitative estimate of drug-likeness (QED) is 0.383. The molecule has 0 aliphatic carbocycles. The Morgan fingerprint density at radius 1 is 1.20 bits per heavy atom. The minimum atomic E-state index is -3.35. The van der Waals surface area contributed by atoms with Crippen LogP contribution in [-0.2, 0) is 19.6 Å². The van der Waals surface area contributed by atoms with Crippen molar-refractivity contribution in [2.24, 2.45) is 0 Å². The number of amides is 1. The molecule has 1 amide bonds. The van der Waals surface area contributed by atoms with Crippen molar-refractivity contribution in [1.82, 2.24) is 10.0 Å². The fraction of sp³-hybridized carbons (Fsp3) is 0.867. The van der Waals surface area contributed by atoms with Gasteiger partial charge in [0.05, 0.1) is 5.75 Å². The average Bonchev–Trinajstić information content (AvgIpc) is 2.37. The number of carboxylic acid groups (broad SMARTS) is 1. The number of ether oxygens (including phenoxy) is 1. The Kier molecular flexibility index (Phi) is 9.10. The maximum atomic E-state index is 11.9. The summed E-state index contributed by atoms with van der Waals surface area (Å²) in [5, 5.41) is 11.4. The van der Waals surface area contributed by atoms with Crippen LogP contribution in [0.3, 0.4) is 0 Å². The van der Waals surface area contributed by atoms with Gasteiger partial charge in [-0.15, -0.1) is 0 Å². The first-order valence-corrected chi connectivity index (χ1v) is 13.7. The zero-order chi connectivity index (χ0) is 19.9. The van der Waals surface area contributed by atoms with Crippen molar-refractivity contribution in [3.8, 4) is 0 Å². The molecule has 0 fully saturated rings. The first-order chi connectivity index (χ1) is 11.1. The fourth-order valence-electron chi connectivity index (χ4n) is 1.75. The van der Waals surface area contributed by atoms with Crippen LogP contribution in [0.5, 0.6) is 0 Å². The summed E-state index contributed by atoms with van der Waals surface area (Å²) in [7, 11) is -4.80. The SMILES string of the molecule is CC(C)(C)OC(=O)N[C@@H](CCCNS(=O)(=O)CC[Si](C)(C)C)C(=O)O. The summed E-state index contributed by atoms with van der Waals surface area (Å²) >= 11 is 0. The molecule has 0 saturated carbocycles. The normalized spacial score (nSPS) is 14.0. The largest absolute Gasteiger partial charge is 0.480 e. The van der Waals surface area contributed by atoms with Crippen molar-refractivity contribution in [1.29, 1.82) is 0 Å². The molecule has 0 bridgehead atoms. The van der Waals surface area contributed by atoms with E-state index in [1.165, 1.54) is 0 Å². The number of hydrogen-bond acceptors (Lipinski definition) is 5. The van der Waals surface area contributed by atoms with E-state index in [1.807, 2.05) is 0 Å². The zero-order valence-corrected chi connectivity index (χ0v) is 17.8. The van der Waals surface area contributed by atoms with Gasteiger partial charge in [0.25, 0.3) is 0 Å². The molecule has 8 nitrogen and oxygen atoms in total. The van der Waals surface area contributed by atoms with Crippen LogP contribution in [0, 0.1) is 0 Å². The predicted molar refractivity (Wildman–Crippen MR) is 100.0 cm³/mol. The highest BCUT2D eigenvalue weighted by molar-refractivity contribution is 7.89. The highest BCUT2D eigenvalue weighted by atomic mass is 32.2. The molecule has 0 aromatic rings. The summed E-state index contributed by atoms with van der Waals surface area (Å²) in [5.74, 6) is -1.10. The van der Waals surface area contributed by atoms with E-state index in [0.29, 0.717) is 12.5 Å². The molecule has 0 aliphatic rings. The van der Waals surface area contributed by atoms with Crippen molar-refractivity contribution in [2.75, 3.05) is 12.3 Å². The standard InChI is InChI=1S/C15H32N2O6SSi/c1-15(2,3)23-14(20)17-12(13(18)19)8-7-9-16-24(21,22)10-11-25(4,5)6/h12,16H,7-11H2,1-6H3,(H,17,20)(H,18,19)/t12-/m0/s1. The van der Waals surface area contributed by atoms with Gasteiger partial charge in [0.1, 0.15) is 11.6 Å². The average molecular weight is 397 g/mol. The summed E-state index contributed by atoms with van der Waals surface area (Å²) in [5.41, 5.74) is -0.723. The first-order valence-electron chi connectivity index (χ1n) is 8.31. The lowest BCUT2D eigenvalue weighted by Crippen LogP contribution is -2.43. The smallest absolute Gasteiger partial charge is 0.408 e. The monoisotopic (exact) mass is 396 g/mol. The second kappa shape index (κ2) is 9.53. The predicted octanol–water partition coefficient (Wildman–Crippen LogP) is 2.00. The number of nitrogens with one attached hydrogen (secondary N) is 2. The van der Waals surface area contributed by atoms with Crippen LogP contribution < -0.4 is 10.0 Å². The van der Waals surface area contributed by atoms with E-state index < -0.39 is 41.8 Å². The van der Waals surface area contributed by atoms with Crippen molar-refractivity contribution >= 4 is 30.2 Å². The van der Waals surface area contributed by atoms with Crippen molar-refractivity contribution in [2.45, 2.75) is 70.9 Å². The molecular formula is C15H32N2O6SSi. The number of carboxylic acids is 1. The van der Waals surface area contributed by atoms with Crippen molar-refractivity contribution < 1.29 is 27.9 Å². The maximum absolute atomic E-state index is 11.9. The van der Waals surface area contributed by atoms with Crippen LogP contribution in [0.2, 0.25) is 25.7 Å². The Bertz CT molecular complexity index is 551. The van der Waals surface area contributed by atoms with Gasteiger partial charge in [0.2, 0.25) is 10.0 Å². The summed E-state index contributed by atoms with van der Waals surface area (Å²) in [6.07, 6.45) is -0.417. The first kappa shape index (κ1) is 23.9. The van der Waals surface area contributed by atoms with Crippen LogP contribution >= 0.6 is 0 Å². The number of aliphatic carboxylic acids is 1. The molecular weight excluding hydrogens is 364 g/mol. The molecule has 10 heteroatoms. The van der Waals surface area contributed by atoms with E-state index in [2.05, 4.69) is 29.7 Å². The molecule has 0 heterocycles. The summed E-state index contributed by atoms with van der Waals surface area (Å²) in [6, 6.07) is -0.457. The third-order valence-corrected chi connectivity index (χ3v) is 6.60. The number of hydrogen-bond donors (Lipinski definition) is 3. The molecule has 25 heavy (non-hydrogen) atoms. The lowest BCUT2D eigenvalue weighted by atomic mass is 10.1. The molecule has 3 N–H and O–H groups in total. The van der Waals surface area contributed by atoms with E-state index in [9.17, 15) is 18.0 Å². The molecule has 0 aromatic carbocycles. The van der Waals surface area contributed by atoms with E-state index in [4.69, 9.17) is 9.84 Å². The summed E-state index contributed by atoms with van der Waals surface area (Å²) < 4.78 is 31.3. The van der Waals surface area contributed by atoms with Gasteiger partial charge >= 0.3 is 12.1 Å². The van der Waals surface area contributed by atoms with E-state index in [-0.39, 0.29) is 18.7 Å². The minimum Gasteiger partial charge on any atom is -0.480 e. The van der Waals surface area contributed by atoms with Crippen LogP contribution in [-0.4, -0.2) is 57.6 Å². The summed E-state index contributed by atoms with van der Waals surface area (Å²) in [6.45, 7) is 11.5. The van der Waals surface area contributed by atoms with Gasteiger partial charge in [-0.1, -0.05) is 19.6 Å². The lowest BCUT2D eigenvalue weighted by Gasteiger charge is -2.22. The third-order valence-electron chi connectivity index (χ3n) is 3.10. The molecule has 0 saturated heterocycles. The minimum absolute atomic E-state index is 0.0846. The van der Waals surface area contributed by atoms with Gasteiger partial charge in [-0.25, -0.2) is 22.7 Å². The van der Waals surface area contributed by atoms with Gasteiger partial charge in [-0.05, 0) is 39.7 Å². The number of carbonyl (C=O) groups excluding carboxylic acids is 1. The molecule has 0 aromatic heterocycles. The van der Waals surface area contributed by atoms with Crippen LogP contribution in [0.15, 0.2) is 0 Å².